The van der Waals surface area contributed by atoms with Gasteiger partial charge in [0.05, 0.1) is 18.5 Å². The summed E-state index contributed by atoms with van der Waals surface area (Å²) in [6, 6.07) is 14.4. The topological polar surface area (TPSA) is 73.2 Å². The summed E-state index contributed by atoms with van der Waals surface area (Å²) in [6.07, 6.45) is 1.41. The van der Waals surface area contributed by atoms with Crippen LogP contribution in [0.5, 0.6) is 5.75 Å². The van der Waals surface area contributed by atoms with E-state index in [0.29, 0.717) is 27.5 Å². The molecule has 0 spiro atoms. The second kappa shape index (κ2) is 8.69. The molecule has 4 rings (SSSR count). The lowest BCUT2D eigenvalue weighted by molar-refractivity contribution is -0.116. The normalized spacial score (nSPS) is 10.9. The molecule has 0 radical (unpaired) electrons. The van der Waals surface area contributed by atoms with Gasteiger partial charge in [-0.3, -0.25) is 14.2 Å². The molecule has 6 nitrogen and oxygen atoms in total. The molecule has 2 heterocycles. The number of halogens is 1. The molecule has 2 aromatic carbocycles. The monoisotopic (exact) mass is 439 g/mol. The van der Waals surface area contributed by atoms with Crippen molar-refractivity contribution in [2.24, 2.45) is 0 Å². The van der Waals surface area contributed by atoms with Crippen molar-refractivity contribution in [2.75, 3.05) is 11.9 Å². The Labute approximate surface area is 181 Å². The highest BCUT2D eigenvalue weighted by molar-refractivity contribution is 7.17. The van der Waals surface area contributed by atoms with Crippen LogP contribution in [-0.4, -0.2) is 22.1 Å². The molecule has 1 amide bonds. The van der Waals surface area contributed by atoms with Gasteiger partial charge in [-0.15, -0.1) is 11.3 Å². The number of anilines is 1. The van der Waals surface area contributed by atoms with Gasteiger partial charge in [0, 0.05) is 21.7 Å². The molecule has 0 fully saturated rings. The maximum atomic E-state index is 12.8. The van der Waals surface area contributed by atoms with Crippen molar-refractivity contribution >= 4 is 44.7 Å². The zero-order valence-corrected chi connectivity index (χ0v) is 17.7. The molecule has 8 heteroatoms. The third-order valence-electron chi connectivity index (χ3n) is 4.46. The third-order valence-corrected chi connectivity index (χ3v) is 5.67. The Kier molecular flexibility index (Phi) is 5.83. The van der Waals surface area contributed by atoms with Crippen molar-refractivity contribution in [1.29, 1.82) is 0 Å². The average Bonchev–Trinajstić information content (AvgIpc) is 3.17. The molecule has 0 atom stereocenters. The minimum Gasteiger partial charge on any atom is -0.494 e. The predicted molar refractivity (Wildman–Crippen MR) is 121 cm³/mol. The Morgan fingerprint density at radius 3 is 2.60 bits per heavy atom. The largest absolute Gasteiger partial charge is 0.494 e. The quantitative estimate of drug-likeness (QED) is 0.467. The van der Waals surface area contributed by atoms with Gasteiger partial charge in [0.25, 0.3) is 5.56 Å². The van der Waals surface area contributed by atoms with E-state index in [1.807, 2.05) is 24.4 Å². The summed E-state index contributed by atoms with van der Waals surface area (Å²) in [4.78, 5) is 29.7. The van der Waals surface area contributed by atoms with E-state index in [2.05, 4.69) is 10.3 Å². The molecule has 0 aliphatic rings. The zero-order chi connectivity index (χ0) is 21.1. The average molecular weight is 440 g/mol. The summed E-state index contributed by atoms with van der Waals surface area (Å²) in [5.41, 5.74) is 2.81. The van der Waals surface area contributed by atoms with Crippen molar-refractivity contribution in [3.63, 3.8) is 0 Å². The molecule has 0 aliphatic carbocycles. The molecule has 4 aromatic rings. The van der Waals surface area contributed by atoms with Gasteiger partial charge < -0.3 is 10.1 Å². The lowest BCUT2D eigenvalue weighted by Gasteiger charge is -2.08. The van der Waals surface area contributed by atoms with Crippen LogP contribution in [0.2, 0.25) is 5.02 Å². The van der Waals surface area contributed by atoms with Crippen LogP contribution >= 0.6 is 22.9 Å². The smallest absolute Gasteiger partial charge is 0.271 e. The van der Waals surface area contributed by atoms with E-state index in [0.717, 1.165) is 16.9 Å². The number of rotatable bonds is 6. The third kappa shape index (κ3) is 4.22. The Bertz CT molecular complexity index is 1250. The Morgan fingerprint density at radius 2 is 1.90 bits per heavy atom. The standard InChI is InChI=1S/C22H18ClN3O3S/c1-2-29-17-9-7-16(8-10-17)25-19(27)11-26-13-24-20-18(12-30-21(20)22(26)28)14-3-5-15(23)6-4-14/h3-10,12-13H,2,11H2,1H3,(H,25,27). The van der Waals surface area contributed by atoms with Crippen molar-refractivity contribution in [3.8, 4) is 16.9 Å². The predicted octanol–water partition coefficient (Wildman–Crippen LogP) is 4.82. The van der Waals surface area contributed by atoms with E-state index < -0.39 is 0 Å². The molecule has 0 unspecified atom stereocenters. The molecule has 2 aromatic heterocycles. The number of fused-ring (bicyclic) bond motifs is 1. The van der Waals surface area contributed by atoms with Crippen molar-refractivity contribution in [2.45, 2.75) is 13.5 Å². The Balaban J connectivity index is 1.53. The first kappa shape index (κ1) is 20.1. The zero-order valence-electron chi connectivity index (χ0n) is 16.1. The second-order valence-electron chi connectivity index (χ2n) is 6.52. The van der Waals surface area contributed by atoms with Gasteiger partial charge in [0.1, 0.15) is 17.0 Å². The molecule has 0 bridgehead atoms. The van der Waals surface area contributed by atoms with Gasteiger partial charge >= 0.3 is 0 Å². The first-order chi connectivity index (χ1) is 14.5. The van der Waals surface area contributed by atoms with Gasteiger partial charge in [-0.05, 0) is 48.9 Å². The number of hydrogen-bond acceptors (Lipinski definition) is 5. The number of nitrogens with zero attached hydrogens (tertiary/aromatic N) is 2. The van der Waals surface area contributed by atoms with E-state index in [-0.39, 0.29) is 18.0 Å². The number of benzene rings is 2. The van der Waals surface area contributed by atoms with Crippen LogP contribution in [0.4, 0.5) is 5.69 Å². The number of carbonyl (C=O) groups is 1. The number of carbonyl (C=O) groups excluding carboxylic acids is 1. The first-order valence-electron chi connectivity index (χ1n) is 9.30. The molecule has 30 heavy (non-hydrogen) atoms. The molecular formula is C22H18ClN3O3S. The summed E-state index contributed by atoms with van der Waals surface area (Å²) in [7, 11) is 0. The highest BCUT2D eigenvalue weighted by atomic mass is 35.5. The fourth-order valence-electron chi connectivity index (χ4n) is 3.05. The number of nitrogens with one attached hydrogen (secondary N) is 1. The highest BCUT2D eigenvalue weighted by Gasteiger charge is 2.14. The Hall–Kier alpha value is -3.16. The molecule has 152 valence electrons. The molecule has 0 aliphatic heterocycles. The minimum atomic E-state index is -0.308. The lowest BCUT2D eigenvalue weighted by Crippen LogP contribution is -2.27. The van der Waals surface area contributed by atoms with Crippen LogP contribution in [0, 0.1) is 0 Å². The van der Waals surface area contributed by atoms with E-state index in [1.165, 1.54) is 22.2 Å². The lowest BCUT2D eigenvalue weighted by atomic mass is 10.1. The maximum Gasteiger partial charge on any atom is 0.271 e. The number of thiophene rings is 1. The van der Waals surface area contributed by atoms with Crippen LogP contribution in [-0.2, 0) is 11.3 Å². The Morgan fingerprint density at radius 1 is 1.17 bits per heavy atom. The highest BCUT2D eigenvalue weighted by Crippen LogP contribution is 2.31. The van der Waals surface area contributed by atoms with Crippen molar-refractivity contribution in [1.82, 2.24) is 9.55 Å². The van der Waals surface area contributed by atoms with Crippen LogP contribution in [0.1, 0.15) is 6.92 Å². The number of hydrogen-bond donors (Lipinski definition) is 1. The fourth-order valence-corrected chi connectivity index (χ4v) is 4.15. The van der Waals surface area contributed by atoms with Crippen LogP contribution in [0.3, 0.4) is 0 Å². The van der Waals surface area contributed by atoms with Gasteiger partial charge in [-0.2, -0.15) is 0 Å². The number of ether oxygens (including phenoxy) is 1. The van der Waals surface area contributed by atoms with Gasteiger partial charge in [-0.25, -0.2) is 4.98 Å². The first-order valence-corrected chi connectivity index (χ1v) is 10.6. The summed E-state index contributed by atoms with van der Waals surface area (Å²) in [5, 5.41) is 5.32. The number of amides is 1. The summed E-state index contributed by atoms with van der Waals surface area (Å²) >= 11 is 7.27. The SMILES string of the molecule is CCOc1ccc(NC(=O)Cn2cnc3c(-c4ccc(Cl)cc4)csc3c2=O)cc1. The summed E-state index contributed by atoms with van der Waals surface area (Å²) in [6.45, 7) is 2.36. The fraction of sp³-hybridized carbons (Fsp3) is 0.136. The second-order valence-corrected chi connectivity index (χ2v) is 7.83. The molecular weight excluding hydrogens is 422 g/mol. The van der Waals surface area contributed by atoms with E-state index in [1.54, 1.807) is 36.4 Å². The van der Waals surface area contributed by atoms with Crippen LogP contribution in [0.15, 0.2) is 65.0 Å². The van der Waals surface area contributed by atoms with Gasteiger partial charge in [0.2, 0.25) is 5.91 Å². The summed E-state index contributed by atoms with van der Waals surface area (Å²) in [5.74, 6) is 0.424. The van der Waals surface area contributed by atoms with Gasteiger partial charge in [0.15, 0.2) is 0 Å². The van der Waals surface area contributed by atoms with E-state index in [4.69, 9.17) is 16.3 Å². The number of aromatic nitrogens is 2. The summed E-state index contributed by atoms with van der Waals surface area (Å²) < 4.78 is 7.21. The van der Waals surface area contributed by atoms with Crippen LogP contribution in [0.25, 0.3) is 21.3 Å². The van der Waals surface area contributed by atoms with Crippen molar-refractivity contribution < 1.29 is 9.53 Å². The van der Waals surface area contributed by atoms with Gasteiger partial charge in [-0.1, -0.05) is 23.7 Å². The van der Waals surface area contributed by atoms with E-state index >= 15 is 0 Å². The van der Waals surface area contributed by atoms with Crippen LogP contribution < -0.4 is 15.6 Å². The molecule has 0 saturated heterocycles. The van der Waals surface area contributed by atoms with E-state index in [9.17, 15) is 9.59 Å². The minimum absolute atomic E-state index is 0.122. The maximum absolute atomic E-state index is 12.8. The van der Waals surface area contributed by atoms with Crippen molar-refractivity contribution in [3.05, 3.63) is 75.6 Å². The molecule has 1 N–H and O–H groups in total. The molecule has 0 saturated carbocycles.